The van der Waals surface area contributed by atoms with Crippen LogP contribution in [-0.4, -0.2) is 30.9 Å². The molecule has 0 heterocycles. The van der Waals surface area contributed by atoms with Gasteiger partial charge in [-0.1, -0.05) is 28.1 Å². The highest BCUT2D eigenvalue weighted by molar-refractivity contribution is 9.10. The van der Waals surface area contributed by atoms with Gasteiger partial charge in [0.1, 0.15) is 5.75 Å². The highest BCUT2D eigenvalue weighted by Crippen LogP contribution is 2.24. The second-order valence-corrected chi connectivity index (χ2v) is 6.68. The van der Waals surface area contributed by atoms with Crippen molar-refractivity contribution in [2.75, 3.05) is 19.5 Å². The van der Waals surface area contributed by atoms with Crippen molar-refractivity contribution in [3.8, 4) is 5.75 Å². The number of hydrogen-bond donors (Lipinski definition) is 1. The van der Waals surface area contributed by atoms with Crippen molar-refractivity contribution < 1.29 is 14.3 Å². The van der Waals surface area contributed by atoms with E-state index in [1.54, 1.807) is 31.2 Å². The standard InChI is InChI=1S/C19H21BrN2O3/c1-13(23)21-17-7-4-14(5-8-17)10-19(24)22(2)12-15-11-16(20)6-9-18(15)25-3/h4-9,11H,10,12H2,1-3H3,(H,21,23). The van der Waals surface area contributed by atoms with E-state index in [-0.39, 0.29) is 11.8 Å². The number of likely N-dealkylation sites (N-methyl/N-ethyl adjacent to an activating group) is 1. The monoisotopic (exact) mass is 404 g/mol. The van der Waals surface area contributed by atoms with Crippen LogP contribution in [0.1, 0.15) is 18.1 Å². The lowest BCUT2D eigenvalue weighted by Gasteiger charge is -2.19. The first-order valence-corrected chi connectivity index (χ1v) is 8.61. The molecule has 2 rings (SSSR count). The maximum atomic E-state index is 12.5. The zero-order chi connectivity index (χ0) is 18.4. The fraction of sp³-hybridized carbons (Fsp3) is 0.263. The van der Waals surface area contributed by atoms with Gasteiger partial charge in [-0.3, -0.25) is 9.59 Å². The van der Waals surface area contributed by atoms with Crippen molar-refractivity contribution in [2.24, 2.45) is 0 Å². The highest BCUT2D eigenvalue weighted by Gasteiger charge is 2.13. The van der Waals surface area contributed by atoms with Gasteiger partial charge in [-0.05, 0) is 35.9 Å². The zero-order valence-electron chi connectivity index (χ0n) is 14.5. The summed E-state index contributed by atoms with van der Waals surface area (Å²) >= 11 is 3.44. The van der Waals surface area contributed by atoms with Gasteiger partial charge in [-0.15, -0.1) is 0 Å². The predicted octanol–water partition coefficient (Wildman–Crippen LogP) is 3.62. The van der Waals surface area contributed by atoms with E-state index in [9.17, 15) is 9.59 Å². The van der Waals surface area contributed by atoms with Gasteiger partial charge >= 0.3 is 0 Å². The molecule has 25 heavy (non-hydrogen) atoms. The maximum absolute atomic E-state index is 12.5. The third-order valence-electron chi connectivity index (χ3n) is 3.71. The number of carbonyl (C=O) groups is 2. The van der Waals surface area contributed by atoms with Gasteiger partial charge in [0.25, 0.3) is 0 Å². The van der Waals surface area contributed by atoms with Crippen molar-refractivity contribution in [1.29, 1.82) is 0 Å². The minimum absolute atomic E-state index is 0.00862. The Bertz CT molecular complexity index is 760. The van der Waals surface area contributed by atoms with E-state index in [0.29, 0.717) is 13.0 Å². The number of hydrogen-bond acceptors (Lipinski definition) is 3. The smallest absolute Gasteiger partial charge is 0.227 e. The van der Waals surface area contributed by atoms with E-state index in [2.05, 4.69) is 21.2 Å². The number of amides is 2. The van der Waals surface area contributed by atoms with Gasteiger partial charge in [-0.25, -0.2) is 0 Å². The molecule has 0 atom stereocenters. The Balaban J connectivity index is 2.00. The van der Waals surface area contributed by atoms with Crippen molar-refractivity contribution in [3.63, 3.8) is 0 Å². The number of halogens is 1. The molecule has 5 nitrogen and oxygen atoms in total. The van der Waals surface area contributed by atoms with E-state index in [4.69, 9.17) is 4.74 Å². The molecule has 2 aromatic rings. The van der Waals surface area contributed by atoms with Crippen molar-refractivity contribution >= 4 is 33.4 Å². The highest BCUT2D eigenvalue weighted by atomic mass is 79.9. The average Bonchev–Trinajstić information content (AvgIpc) is 2.56. The number of rotatable bonds is 6. The normalized spacial score (nSPS) is 10.2. The molecule has 0 unspecified atom stereocenters. The SMILES string of the molecule is COc1ccc(Br)cc1CN(C)C(=O)Cc1ccc(NC(C)=O)cc1. The van der Waals surface area contributed by atoms with Crippen LogP contribution in [0.2, 0.25) is 0 Å². The Morgan fingerprint density at radius 1 is 1.16 bits per heavy atom. The third kappa shape index (κ3) is 5.60. The quantitative estimate of drug-likeness (QED) is 0.799. The molecule has 2 amide bonds. The number of nitrogens with zero attached hydrogens (tertiary/aromatic N) is 1. The Kier molecular flexibility index (Phi) is 6.58. The zero-order valence-corrected chi connectivity index (χ0v) is 16.1. The molecule has 0 saturated heterocycles. The van der Waals surface area contributed by atoms with Gasteiger partial charge in [0, 0.05) is 36.2 Å². The molecular weight excluding hydrogens is 384 g/mol. The van der Waals surface area contributed by atoms with E-state index in [0.717, 1.165) is 27.0 Å². The predicted molar refractivity (Wildman–Crippen MR) is 102 cm³/mol. The van der Waals surface area contributed by atoms with E-state index in [1.807, 2.05) is 30.3 Å². The van der Waals surface area contributed by atoms with Gasteiger partial charge in [0.15, 0.2) is 0 Å². The molecule has 0 aliphatic rings. The number of nitrogens with one attached hydrogen (secondary N) is 1. The van der Waals surface area contributed by atoms with Crippen LogP contribution in [0, 0.1) is 0 Å². The van der Waals surface area contributed by atoms with Gasteiger partial charge in [0.2, 0.25) is 11.8 Å². The van der Waals surface area contributed by atoms with Crippen LogP contribution in [0.5, 0.6) is 5.75 Å². The number of anilines is 1. The topological polar surface area (TPSA) is 58.6 Å². The summed E-state index contributed by atoms with van der Waals surface area (Å²) in [5.41, 5.74) is 2.55. The minimum Gasteiger partial charge on any atom is -0.496 e. The molecule has 0 fully saturated rings. The number of methoxy groups -OCH3 is 1. The molecule has 0 aliphatic carbocycles. The third-order valence-corrected chi connectivity index (χ3v) is 4.20. The molecular formula is C19H21BrN2O3. The molecule has 0 saturated carbocycles. The molecule has 0 bridgehead atoms. The average molecular weight is 405 g/mol. The Morgan fingerprint density at radius 2 is 1.84 bits per heavy atom. The number of benzene rings is 2. The largest absolute Gasteiger partial charge is 0.496 e. The summed E-state index contributed by atoms with van der Waals surface area (Å²) in [4.78, 5) is 25.2. The summed E-state index contributed by atoms with van der Waals surface area (Å²) in [6, 6.07) is 13.0. The lowest BCUT2D eigenvalue weighted by atomic mass is 10.1. The summed E-state index contributed by atoms with van der Waals surface area (Å²) < 4.78 is 6.29. The Morgan fingerprint density at radius 3 is 2.44 bits per heavy atom. The van der Waals surface area contributed by atoms with E-state index < -0.39 is 0 Å². The first-order chi connectivity index (χ1) is 11.9. The van der Waals surface area contributed by atoms with E-state index >= 15 is 0 Å². The number of ether oxygens (including phenoxy) is 1. The summed E-state index contributed by atoms with van der Waals surface area (Å²) in [6.07, 6.45) is 0.299. The van der Waals surface area contributed by atoms with Gasteiger partial charge in [-0.2, -0.15) is 0 Å². The molecule has 0 radical (unpaired) electrons. The molecule has 2 aromatic carbocycles. The van der Waals surface area contributed by atoms with Crippen molar-refractivity contribution in [2.45, 2.75) is 19.9 Å². The molecule has 0 aromatic heterocycles. The van der Waals surface area contributed by atoms with Gasteiger partial charge < -0.3 is 15.0 Å². The minimum atomic E-state index is -0.119. The van der Waals surface area contributed by atoms with Gasteiger partial charge in [0.05, 0.1) is 13.5 Å². The first-order valence-electron chi connectivity index (χ1n) is 7.82. The fourth-order valence-electron chi connectivity index (χ4n) is 2.43. The van der Waals surface area contributed by atoms with Crippen LogP contribution in [-0.2, 0) is 22.6 Å². The Labute approximate surface area is 156 Å². The Hall–Kier alpha value is -2.34. The van der Waals surface area contributed by atoms with Crippen molar-refractivity contribution in [1.82, 2.24) is 4.90 Å². The van der Waals surface area contributed by atoms with Crippen LogP contribution >= 0.6 is 15.9 Å². The molecule has 0 spiro atoms. The second kappa shape index (κ2) is 8.67. The molecule has 0 aliphatic heterocycles. The lowest BCUT2D eigenvalue weighted by molar-refractivity contribution is -0.129. The van der Waals surface area contributed by atoms with Crippen LogP contribution in [0.3, 0.4) is 0 Å². The van der Waals surface area contributed by atoms with Crippen LogP contribution < -0.4 is 10.1 Å². The molecule has 1 N–H and O–H groups in total. The first kappa shape index (κ1) is 19.0. The number of carbonyl (C=O) groups excluding carboxylic acids is 2. The summed E-state index contributed by atoms with van der Waals surface area (Å²) in [7, 11) is 3.39. The summed E-state index contributed by atoms with van der Waals surface area (Å²) in [5, 5.41) is 2.71. The summed E-state index contributed by atoms with van der Waals surface area (Å²) in [6.45, 7) is 1.92. The summed E-state index contributed by atoms with van der Waals surface area (Å²) in [5.74, 6) is 0.642. The lowest BCUT2D eigenvalue weighted by Crippen LogP contribution is -2.27. The maximum Gasteiger partial charge on any atom is 0.227 e. The van der Waals surface area contributed by atoms with E-state index in [1.165, 1.54) is 6.92 Å². The molecule has 132 valence electrons. The van der Waals surface area contributed by atoms with Crippen LogP contribution in [0.15, 0.2) is 46.9 Å². The molecule has 6 heteroatoms. The van der Waals surface area contributed by atoms with Crippen molar-refractivity contribution in [3.05, 3.63) is 58.1 Å². The van der Waals surface area contributed by atoms with Crippen LogP contribution in [0.25, 0.3) is 0 Å². The second-order valence-electron chi connectivity index (χ2n) is 5.76. The van der Waals surface area contributed by atoms with Crippen LogP contribution in [0.4, 0.5) is 5.69 Å². The fourth-order valence-corrected chi connectivity index (χ4v) is 2.84.